The van der Waals surface area contributed by atoms with E-state index in [-0.39, 0.29) is 11.6 Å². The molecule has 124 valence electrons. The summed E-state index contributed by atoms with van der Waals surface area (Å²) in [6.45, 7) is 8.13. The Bertz CT molecular complexity index is 586. The van der Waals surface area contributed by atoms with Crippen molar-refractivity contribution in [2.24, 2.45) is 11.8 Å². The van der Waals surface area contributed by atoms with Gasteiger partial charge in [0.1, 0.15) is 0 Å². The average molecular weight is 317 g/mol. The molecule has 0 spiro atoms. The van der Waals surface area contributed by atoms with Gasteiger partial charge in [-0.3, -0.25) is 14.9 Å². The van der Waals surface area contributed by atoms with Gasteiger partial charge in [-0.1, -0.05) is 0 Å². The standard InChI is InChI=1S/C17H23N3O3/c1-12(2)18-8-13-7-14(9-18)11-19(10-13)17(21)15-3-5-16(6-4-15)20(22)23/h3-6,12-14H,7-11H2,1-2H3. The number of rotatable bonds is 3. The number of nitrogens with zero attached hydrogens (tertiary/aromatic N) is 3. The van der Waals surface area contributed by atoms with Crippen molar-refractivity contribution in [3.05, 3.63) is 39.9 Å². The van der Waals surface area contributed by atoms with Crippen molar-refractivity contribution in [1.82, 2.24) is 9.80 Å². The highest BCUT2D eigenvalue weighted by atomic mass is 16.6. The van der Waals surface area contributed by atoms with Gasteiger partial charge in [0.05, 0.1) is 4.92 Å². The highest BCUT2D eigenvalue weighted by Gasteiger charge is 2.36. The van der Waals surface area contributed by atoms with Crippen LogP contribution in [0.3, 0.4) is 0 Å². The van der Waals surface area contributed by atoms with Crippen LogP contribution in [0.5, 0.6) is 0 Å². The molecule has 2 aliphatic rings. The first kappa shape index (κ1) is 15.9. The molecule has 2 bridgehead atoms. The lowest BCUT2D eigenvalue weighted by Crippen LogP contribution is -2.55. The number of fused-ring (bicyclic) bond motifs is 2. The highest BCUT2D eigenvalue weighted by Crippen LogP contribution is 2.30. The summed E-state index contributed by atoms with van der Waals surface area (Å²) in [5.74, 6) is 1.06. The zero-order valence-electron chi connectivity index (χ0n) is 13.6. The molecular weight excluding hydrogens is 294 g/mol. The van der Waals surface area contributed by atoms with E-state index >= 15 is 0 Å². The zero-order valence-corrected chi connectivity index (χ0v) is 13.6. The summed E-state index contributed by atoms with van der Waals surface area (Å²) in [5, 5.41) is 10.7. The fourth-order valence-corrected chi connectivity index (χ4v) is 3.82. The number of amides is 1. The molecule has 2 fully saturated rings. The lowest BCUT2D eigenvalue weighted by atomic mass is 9.84. The Morgan fingerprint density at radius 3 is 2.17 bits per heavy atom. The Balaban J connectivity index is 1.68. The number of nitro groups is 1. The molecule has 2 aliphatic heterocycles. The Morgan fingerprint density at radius 2 is 1.70 bits per heavy atom. The Labute approximate surface area is 136 Å². The second kappa shape index (κ2) is 6.28. The molecule has 1 amide bonds. The largest absolute Gasteiger partial charge is 0.338 e. The predicted molar refractivity (Wildman–Crippen MR) is 87.3 cm³/mol. The number of hydrogen-bond donors (Lipinski definition) is 0. The predicted octanol–water partition coefficient (Wildman–Crippen LogP) is 2.40. The molecule has 6 heteroatoms. The van der Waals surface area contributed by atoms with E-state index in [1.165, 1.54) is 18.6 Å². The van der Waals surface area contributed by atoms with Crippen LogP contribution in [0.1, 0.15) is 30.6 Å². The van der Waals surface area contributed by atoms with Crippen LogP contribution in [0.4, 0.5) is 5.69 Å². The van der Waals surface area contributed by atoms with E-state index in [1.54, 1.807) is 12.1 Å². The van der Waals surface area contributed by atoms with E-state index in [9.17, 15) is 14.9 Å². The van der Waals surface area contributed by atoms with Crippen LogP contribution in [0.15, 0.2) is 24.3 Å². The molecule has 2 atom stereocenters. The lowest BCUT2D eigenvalue weighted by molar-refractivity contribution is -0.384. The molecule has 2 saturated heterocycles. The molecule has 6 nitrogen and oxygen atoms in total. The maximum absolute atomic E-state index is 12.7. The average Bonchev–Trinajstić information content (AvgIpc) is 2.53. The molecule has 2 heterocycles. The summed E-state index contributed by atoms with van der Waals surface area (Å²) in [6.07, 6.45) is 1.20. The van der Waals surface area contributed by atoms with Crippen molar-refractivity contribution in [1.29, 1.82) is 0 Å². The number of hydrogen-bond acceptors (Lipinski definition) is 4. The molecule has 0 N–H and O–H groups in total. The summed E-state index contributed by atoms with van der Waals surface area (Å²) >= 11 is 0. The number of non-ortho nitro benzene ring substituents is 1. The van der Waals surface area contributed by atoms with Crippen LogP contribution in [-0.2, 0) is 0 Å². The fraction of sp³-hybridized carbons (Fsp3) is 0.588. The topological polar surface area (TPSA) is 66.7 Å². The number of carbonyl (C=O) groups is 1. The van der Waals surface area contributed by atoms with Crippen molar-refractivity contribution >= 4 is 11.6 Å². The van der Waals surface area contributed by atoms with Gasteiger partial charge in [0.15, 0.2) is 0 Å². The van der Waals surface area contributed by atoms with Crippen LogP contribution in [-0.4, -0.2) is 52.9 Å². The van der Waals surface area contributed by atoms with E-state index < -0.39 is 4.92 Å². The molecule has 0 saturated carbocycles. The smallest absolute Gasteiger partial charge is 0.269 e. The van der Waals surface area contributed by atoms with Crippen LogP contribution in [0.25, 0.3) is 0 Å². The van der Waals surface area contributed by atoms with Gasteiger partial charge in [-0.05, 0) is 44.2 Å². The number of nitro benzene ring substituents is 1. The van der Waals surface area contributed by atoms with Crippen molar-refractivity contribution in [2.75, 3.05) is 26.2 Å². The second-order valence-electron chi connectivity index (χ2n) is 7.03. The van der Waals surface area contributed by atoms with E-state index in [0.29, 0.717) is 23.4 Å². The van der Waals surface area contributed by atoms with Gasteiger partial charge in [0.25, 0.3) is 11.6 Å². The van der Waals surface area contributed by atoms with Gasteiger partial charge >= 0.3 is 0 Å². The summed E-state index contributed by atoms with van der Waals surface area (Å²) in [7, 11) is 0. The van der Waals surface area contributed by atoms with Gasteiger partial charge in [-0.2, -0.15) is 0 Å². The summed E-state index contributed by atoms with van der Waals surface area (Å²) in [4.78, 5) is 27.4. The number of carbonyl (C=O) groups excluding carboxylic acids is 1. The first-order valence-electron chi connectivity index (χ1n) is 8.22. The molecule has 0 aromatic heterocycles. The fourth-order valence-electron chi connectivity index (χ4n) is 3.82. The zero-order chi connectivity index (χ0) is 16.6. The van der Waals surface area contributed by atoms with Crippen LogP contribution < -0.4 is 0 Å². The molecule has 2 unspecified atom stereocenters. The number of likely N-dealkylation sites (tertiary alicyclic amines) is 2. The quantitative estimate of drug-likeness (QED) is 0.634. The minimum atomic E-state index is -0.444. The second-order valence-corrected chi connectivity index (χ2v) is 7.03. The molecule has 0 aliphatic carbocycles. The monoisotopic (exact) mass is 317 g/mol. The molecule has 1 aromatic rings. The van der Waals surface area contributed by atoms with Gasteiger partial charge in [0.2, 0.25) is 0 Å². The Morgan fingerprint density at radius 1 is 1.13 bits per heavy atom. The van der Waals surface area contributed by atoms with Gasteiger partial charge < -0.3 is 9.80 Å². The maximum atomic E-state index is 12.7. The first-order chi connectivity index (χ1) is 10.9. The van der Waals surface area contributed by atoms with E-state index in [4.69, 9.17) is 0 Å². The molecular formula is C17H23N3O3. The van der Waals surface area contributed by atoms with Crippen LogP contribution >= 0.6 is 0 Å². The molecule has 23 heavy (non-hydrogen) atoms. The Kier molecular flexibility index (Phi) is 4.35. The van der Waals surface area contributed by atoms with Gasteiger partial charge in [-0.25, -0.2) is 0 Å². The number of piperidine rings is 2. The minimum Gasteiger partial charge on any atom is -0.338 e. The normalized spacial score (nSPS) is 24.7. The third kappa shape index (κ3) is 3.37. The van der Waals surface area contributed by atoms with Crippen molar-refractivity contribution in [3.8, 4) is 0 Å². The summed E-state index contributed by atoms with van der Waals surface area (Å²) in [5.41, 5.74) is 0.556. The van der Waals surface area contributed by atoms with Crippen LogP contribution in [0.2, 0.25) is 0 Å². The first-order valence-corrected chi connectivity index (χ1v) is 8.22. The third-order valence-electron chi connectivity index (χ3n) is 4.95. The Hall–Kier alpha value is -1.95. The van der Waals surface area contributed by atoms with Crippen LogP contribution in [0, 0.1) is 22.0 Å². The van der Waals surface area contributed by atoms with Gasteiger partial charge in [-0.15, -0.1) is 0 Å². The number of benzene rings is 1. The summed E-state index contributed by atoms with van der Waals surface area (Å²) < 4.78 is 0. The minimum absolute atomic E-state index is 0.00686. The van der Waals surface area contributed by atoms with E-state index in [0.717, 1.165) is 26.2 Å². The molecule has 0 radical (unpaired) electrons. The molecule has 1 aromatic carbocycles. The van der Waals surface area contributed by atoms with Crippen molar-refractivity contribution in [3.63, 3.8) is 0 Å². The highest BCUT2D eigenvalue weighted by molar-refractivity contribution is 5.94. The van der Waals surface area contributed by atoms with Crippen molar-refractivity contribution < 1.29 is 9.72 Å². The molecule has 3 rings (SSSR count). The lowest BCUT2D eigenvalue weighted by Gasteiger charge is -2.47. The van der Waals surface area contributed by atoms with Gasteiger partial charge in [0, 0.05) is 49.9 Å². The maximum Gasteiger partial charge on any atom is 0.269 e. The summed E-state index contributed by atoms with van der Waals surface area (Å²) in [6, 6.07) is 6.48. The van der Waals surface area contributed by atoms with E-state index in [2.05, 4.69) is 18.7 Å². The SMILES string of the molecule is CC(C)N1CC2CC(CN(C(=O)c3ccc([N+](=O)[O-])cc3)C2)C1. The van der Waals surface area contributed by atoms with Crippen molar-refractivity contribution in [2.45, 2.75) is 26.3 Å². The van der Waals surface area contributed by atoms with E-state index in [1.807, 2.05) is 4.90 Å². The third-order valence-corrected chi connectivity index (χ3v) is 4.95.